The second kappa shape index (κ2) is 14.9. The van der Waals surface area contributed by atoms with Crippen LogP contribution in [0.1, 0.15) is 34.8 Å². The molecule has 43 heavy (non-hydrogen) atoms. The Morgan fingerprint density at radius 2 is 1.58 bits per heavy atom. The Kier molecular flexibility index (Phi) is 11.0. The van der Waals surface area contributed by atoms with Crippen molar-refractivity contribution in [2.45, 2.75) is 30.4 Å². The van der Waals surface area contributed by atoms with Crippen LogP contribution >= 0.6 is 35.0 Å². The number of hydrogen-bond acceptors (Lipinski definition) is 4. The first-order valence-corrected chi connectivity index (χ1v) is 15.0. The van der Waals surface area contributed by atoms with Gasteiger partial charge in [0.1, 0.15) is 11.5 Å². The zero-order valence-electron chi connectivity index (χ0n) is 23.3. The van der Waals surface area contributed by atoms with Gasteiger partial charge in [-0.15, -0.1) is 11.8 Å². The molecule has 0 aliphatic carbocycles. The first kappa shape index (κ1) is 31.8. The second-order valence-corrected chi connectivity index (χ2v) is 11.5. The molecule has 0 aliphatic heterocycles. The van der Waals surface area contributed by atoms with Gasteiger partial charge in [-0.25, -0.2) is 4.39 Å². The number of halogens is 3. The van der Waals surface area contributed by atoms with Crippen molar-refractivity contribution in [1.82, 2.24) is 5.32 Å². The Balaban J connectivity index is 1.54. The van der Waals surface area contributed by atoms with Gasteiger partial charge in [0.2, 0.25) is 5.91 Å². The summed E-state index contributed by atoms with van der Waals surface area (Å²) in [6.45, 7) is 3.75. The van der Waals surface area contributed by atoms with E-state index in [2.05, 4.69) is 16.0 Å². The summed E-state index contributed by atoms with van der Waals surface area (Å²) in [7, 11) is 0. The molecule has 4 aromatic carbocycles. The molecule has 0 aliphatic rings. The number of rotatable bonds is 10. The molecule has 4 aromatic rings. The average Bonchev–Trinajstić information content (AvgIpc) is 3.00. The van der Waals surface area contributed by atoms with Crippen LogP contribution < -0.4 is 16.0 Å². The predicted molar refractivity (Wildman–Crippen MR) is 173 cm³/mol. The van der Waals surface area contributed by atoms with E-state index in [9.17, 15) is 18.8 Å². The Hall–Kier alpha value is -4.11. The van der Waals surface area contributed by atoms with Gasteiger partial charge < -0.3 is 16.0 Å². The van der Waals surface area contributed by atoms with Gasteiger partial charge in [0.05, 0.1) is 10.3 Å². The van der Waals surface area contributed by atoms with Crippen molar-refractivity contribution < 1.29 is 18.8 Å². The molecule has 0 saturated carbocycles. The van der Waals surface area contributed by atoms with E-state index in [0.29, 0.717) is 28.4 Å². The molecule has 6 nitrogen and oxygen atoms in total. The monoisotopic (exact) mass is 635 g/mol. The molecular formula is C33H28Cl2FN3O3S. The van der Waals surface area contributed by atoms with Gasteiger partial charge in [-0.05, 0) is 79.6 Å². The van der Waals surface area contributed by atoms with Gasteiger partial charge in [0.25, 0.3) is 11.8 Å². The van der Waals surface area contributed by atoms with Gasteiger partial charge in [0.15, 0.2) is 0 Å². The molecule has 4 rings (SSSR count). The number of thioether (sulfide) groups is 1. The normalized spacial score (nSPS) is 11.9. The molecular weight excluding hydrogens is 608 g/mol. The van der Waals surface area contributed by atoms with Crippen LogP contribution in [-0.2, 0) is 9.59 Å². The molecule has 0 heterocycles. The first-order valence-electron chi connectivity index (χ1n) is 13.3. The molecule has 0 bridgehead atoms. The summed E-state index contributed by atoms with van der Waals surface area (Å²) in [5.41, 5.74) is 1.90. The van der Waals surface area contributed by atoms with E-state index in [1.165, 1.54) is 36.0 Å². The number of benzene rings is 4. The minimum atomic E-state index is -0.688. The number of amides is 3. The van der Waals surface area contributed by atoms with Crippen LogP contribution in [0.25, 0.3) is 6.08 Å². The van der Waals surface area contributed by atoms with Crippen molar-refractivity contribution in [2.24, 2.45) is 0 Å². The van der Waals surface area contributed by atoms with Gasteiger partial charge >= 0.3 is 0 Å². The third-order valence-electron chi connectivity index (χ3n) is 6.38. The molecule has 1 atom stereocenters. The maximum Gasteiger partial charge on any atom is 0.272 e. The van der Waals surface area contributed by atoms with Gasteiger partial charge in [-0.2, -0.15) is 0 Å². The third-order valence-corrected chi connectivity index (χ3v) is 8.47. The molecule has 3 N–H and O–H groups in total. The van der Waals surface area contributed by atoms with Crippen LogP contribution in [0, 0.1) is 12.7 Å². The fourth-order valence-corrected chi connectivity index (χ4v) is 5.43. The summed E-state index contributed by atoms with van der Waals surface area (Å²) in [4.78, 5) is 40.1. The predicted octanol–water partition coefficient (Wildman–Crippen LogP) is 8.36. The largest absolute Gasteiger partial charge is 0.325 e. The summed E-state index contributed by atoms with van der Waals surface area (Å²) >= 11 is 13.7. The van der Waals surface area contributed by atoms with E-state index in [-0.39, 0.29) is 22.2 Å². The summed E-state index contributed by atoms with van der Waals surface area (Å²) in [5, 5.41) is 8.50. The van der Waals surface area contributed by atoms with Crippen LogP contribution in [0.15, 0.2) is 102 Å². The van der Waals surface area contributed by atoms with E-state index in [0.717, 1.165) is 10.5 Å². The van der Waals surface area contributed by atoms with Crippen LogP contribution in [0.2, 0.25) is 10.0 Å². The summed E-state index contributed by atoms with van der Waals surface area (Å²) in [6, 6.07) is 24.8. The molecule has 220 valence electrons. The molecule has 0 saturated heterocycles. The van der Waals surface area contributed by atoms with E-state index < -0.39 is 22.9 Å². The second-order valence-electron chi connectivity index (χ2n) is 9.41. The highest BCUT2D eigenvalue weighted by atomic mass is 35.5. The standard InChI is InChI=1S/C33H28Cl2FN3O3S/c1-3-30(33(42)38-28-17-9-14-25(34)20(28)2)43-23-13-7-12-22(18-23)37-32(41)29(19-24-26(35)15-8-16-27(24)36)39-31(40)21-10-5-4-6-11-21/h4-19,30H,3H2,1-2H3,(H,37,41)(H,38,42)(H,39,40)/b29-19+. The average molecular weight is 637 g/mol. The van der Waals surface area contributed by atoms with Gasteiger partial charge in [0, 0.05) is 32.4 Å². The molecule has 3 amide bonds. The fraction of sp³-hybridized carbons (Fsp3) is 0.121. The molecule has 0 radical (unpaired) electrons. The zero-order chi connectivity index (χ0) is 30.9. The smallest absolute Gasteiger partial charge is 0.272 e. The van der Waals surface area contributed by atoms with E-state index in [1.54, 1.807) is 66.7 Å². The Morgan fingerprint density at radius 1 is 0.884 bits per heavy atom. The quantitative estimate of drug-likeness (QED) is 0.121. The first-order chi connectivity index (χ1) is 20.7. The van der Waals surface area contributed by atoms with Gasteiger partial charge in [-0.1, -0.05) is 66.5 Å². The minimum absolute atomic E-state index is 0.0428. The molecule has 10 heteroatoms. The highest BCUT2D eigenvalue weighted by Crippen LogP contribution is 2.30. The highest BCUT2D eigenvalue weighted by Gasteiger charge is 2.21. The SMILES string of the molecule is CCC(Sc1cccc(NC(=O)/C(=C\c2c(F)cccc2Cl)NC(=O)c2ccccc2)c1)C(=O)Nc1cccc(Cl)c1C. The Bertz CT molecular complexity index is 1660. The molecule has 0 spiro atoms. The number of carbonyl (C=O) groups is 3. The van der Waals surface area contributed by atoms with Crippen molar-refractivity contribution in [2.75, 3.05) is 10.6 Å². The van der Waals surface area contributed by atoms with E-state index in [4.69, 9.17) is 23.2 Å². The number of hydrogen-bond donors (Lipinski definition) is 3. The van der Waals surface area contributed by atoms with Crippen LogP contribution in [0.4, 0.5) is 15.8 Å². The Labute approximate surface area is 263 Å². The number of carbonyl (C=O) groups excluding carboxylic acids is 3. The Morgan fingerprint density at radius 3 is 2.30 bits per heavy atom. The lowest BCUT2D eigenvalue weighted by Gasteiger charge is -2.17. The zero-order valence-corrected chi connectivity index (χ0v) is 25.6. The lowest BCUT2D eigenvalue weighted by atomic mass is 10.1. The summed E-state index contributed by atoms with van der Waals surface area (Å²) in [6.07, 6.45) is 1.75. The lowest BCUT2D eigenvalue weighted by molar-refractivity contribution is -0.116. The van der Waals surface area contributed by atoms with E-state index >= 15 is 0 Å². The van der Waals surface area contributed by atoms with Gasteiger partial charge in [-0.3, -0.25) is 14.4 Å². The van der Waals surface area contributed by atoms with Crippen LogP contribution in [0.5, 0.6) is 0 Å². The lowest BCUT2D eigenvalue weighted by Crippen LogP contribution is -2.30. The van der Waals surface area contributed by atoms with Crippen molar-refractivity contribution in [3.63, 3.8) is 0 Å². The number of nitrogens with one attached hydrogen (secondary N) is 3. The van der Waals surface area contributed by atoms with Crippen LogP contribution in [0.3, 0.4) is 0 Å². The molecule has 0 aromatic heterocycles. The molecule has 0 fully saturated rings. The fourth-order valence-electron chi connectivity index (χ4n) is 4.02. The van der Waals surface area contributed by atoms with E-state index in [1.807, 2.05) is 19.9 Å². The van der Waals surface area contributed by atoms with Crippen molar-refractivity contribution in [3.8, 4) is 0 Å². The van der Waals surface area contributed by atoms with Crippen LogP contribution in [-0.4, -0.2) is 23.0 Å². The summed E-state index contributed by atoms with van der Waals surface area (Å²) < 4.78 is 14.6. The highest BCUT2D eigenvalue weighted by molar-refractivity contribution is 8.00. The third kappa shape index (κ3) is 8.47. The number of anilines is 2. The summed E-state index contributed by atoms with van der Waals surface area (Å²) in [5.74, 6) is -2.07. The maximum absolute atomic E-state index is 14.6. The maximum atomic E-state index is 14.6. The molecule has 1 unspecified atom stereocenters. The minimum Gasteiger partial charge on any atom is -0.325 e. The van der Waals surface area contributed by atoms with Crippen molar-refractivity contribution in [3.05, 3.63) is 129 Å². The van der Waals surface area contributed by atoms with Crippen molar-refractivity contribution >= 4 is 70.1 Å². The topological polar surface area (TPSA) is 87.3 Å². The van der Waals surface area contributed by atoms with Crippen molar-refractivity contribution in [1.29, 1.82) is 0 Å².